The summed E-state index contributed by atoms with van der Waals surface area (Å²) in [4.78, 5) is 24.8. The summed E-state index contributed by atoms with van der Waals surface area (Å²) >= 11 is 0. The molecule has 0 fully saturated rings. The molecule has 0 radical (unpaired) electrons. The SMILES string of the molecule is C=CCNC(=O)Nc1ccc2c(c1)CN(C(C)=O)CC2. The number of hydrogen-bond donors (Lipinski definition) is 2. The summed E-state index contributed by atoms with van der Waals surface area (Å²) in [6.45, 7) is 6.91. The Morgan fingerprint density at radius 3 is 2.90 bits per heavy atom. The topological polar surface area (TPSA) is 61.4 Å². The fourth-order valence-electron chi connectivity index (χ4n) is 2.24. The highest BCUT2D eigenvalue weighted by atomic mass is 16.2. The van der Waals surface area contributed by atoms with E-state index in [0.29, 0.717) is 13.1 Å². The van der Waals surface area contributed by atoms with E-state index in [1.807, 2.05) is 23.1 Å². The van der Waals surface area contributed by atoms with Gasteiger partial charge < -0.3 is 15.5 Å². The molecule has 2 N–H and O–H groups in total. The van der Waals surface area contributed by atoms with Crippen LogP contribution in [0.15, 0.2) is 30.9 Å². The Labute approximate surface area is 118 Å². The minimum atomic E-state index is -0.260. The molecule has 1 aliphatic rings. The van der Waals surface area contributed by atoms with E-state index in [0.717, 1.165) is 24.2 Å². The lowest BCUT2D eigenvalue weighted by Gasteiger charge is -2.28. The fourth-order valence-corrected chi connectivity index (χ4v) is 2.24. The van der Waals surface area contributed by atoms with E-state index in [1.165, 1.54) is 5.56 Å². The molecule has 0 spiro atoms. The van der Waals surface area contributed by atoms with Gasteiger partial charge in [-0.1, -0.05) is 12.1 Å². The molecule has 0 atom stereocenters. The van der Waals surface area contributed by atoms with Crippen molar-refractivity contribution < 1.29 is 9.59 Å². The van der Waals surface area contributed by atoms with Gasteiger partial charge in [-0.3, -0.25) is 4.79 Å². The zero-order valence-electron chi connectivity index (χ0n) is 11.6. The molecular formula is C15H19N3O2. The molecule has 5 nitrogen and oxygen atoms in total. The van der Waals surface area contributed by atoms with Crippen molar-refractivity contribution in [2.24, 2.45) is 0 Å². The minimum Gasteiger partial charge on any atom is -0.338 e. The number of carbonyl (C=O) groups is 2. The Balaban J connectivity index is 2.07. The van der Waals surface area contributed by atoms with Gasteiger partial charge in [0, 0.05) is 32.2 Å². The summed E-state index contributed by atoms with van der Waals surface area (Å²) in [6, 6.07) is 5.56. The van der Waals surface area contributed by atoms with Gasteiger partial charge >= 0.3 is 6.03 Å². The lowest BCUT2D eigenvalue weighted by molar-refractivity contribution is -0.129. The number of hydrogen-bond acceptors (Lipinski definition) is 2. The number of carbonyl (C=O) groups excluding carboxylic acids is 2. The van der Waals surface area contributed by atoms with E-state index >= 15 is 0 Å². The van der Waals surface area contributed by atoms with Crippen LogP contribution in [0.3, 0.4) is 0 Å². The van der Waals surface area contributed by atoms with Gasteiger partial charge in [-0.2, -0.15) is 0 Å². The summed E-state index contributed by atoms with van der Waals surface area (Å²) in [5.41, 5.74) is 3.06. The first-order valence-electron chi connectivity index (χ1n) is 6.63. The van der Waals surface area contributed by atoms with Gasteiger partial charge in [0.05, 0.1) is 0 Å². The second-order valence-electron chi connectivity index (χ2n) is 4.80. The van der Waals surface area contributed by atoms with Crippen LogP contribution < -0.4 is 10.6 Å². The van der Waals surface area contributed by atoms with E-state index in [-0.39, 0.29) is 11.9 Å². The first kappa shape index (κ1) is 14.1. The van der Waals surface area contributed by atoms with Crippen LogP contribution in [0, 0.1) is 0 Å². The third-order valence-electron chi connectivity index (χ3n) is 3.33. The second kappa shape index (κ2) is 6.23. The van der Waals surface area contributed by atoms with Crippen molar-refractivity contribution >= 4 is 17.6 Å². The Bertz CT molecular complexity index is 540. The molecular weight excluding hydrogens is 254 g/mol. The molecule has 0 aliphatic carbocycles. The molecule has 0 aromatic heterocycles. The third kappa shape index (κ3) is 3.38. The Hall–Kier alpha value is -2.30. The number of nitrogens with zero attached hydrogens (tertiary/aromatic N) is 1. The number of amides is 3. The maximum absolute atomic E-state index is 11.6. The summed E-state index contributed by atoms with van der Waals surface area (Å²) in [7, 11) is 0. The number of anilines is 1. The van der Waals surface area contributed by atoms with Gasteiger partial charge in [-0.25, -0.2) is 4.79 Å². The first-order valence-corrected chi connectivity index (χ1v) is 6.63. The van der Waals surface area contributed by atoms with Crippen LogP contribution in [-0.4, -0.2) is 29.9 Å². The molecule has 5 heteroatoms. The summed E-state index contributed by atoms with van der Waals surface area (Å²) in [6.07, 6.45) is 2.48. The molecule has 106 valence electrons. The van der Waals surface area contributed by atoms with E-state index < -0.39 is 0 Å². The molecule has 20 heavy (non-hydrogen) atoms. The quantitative estimate of drug-likeness (QED) is 0.826. The van der Waals surface area contributed by atoms with Gasteiger partial charge in [0.15, 0.2) is 0 Å². The maximum Gasteiger partial charge on any atom is 0.319 e. The third-order valence-corrected chi connectivity index (χ3v) is 3.33. The minimum absolute atomic E-state index is 0.0812. The van der Waals surface area contributed by atoms with Crippen molar-refractivity contribution in [3.05, 3.63) is 42.0 Å². The van der Waals surface area contributed by atoms with Crippen molar-refractivity contribution in [2.45, 2.75) is 19.9 Å². The van der Waals surface area contributed by atoms with Gasteiger partial charge in [0.2, 0.25) is 5.91 Å². The molecule has 1 aromatic carbocycles. The zero-order valence-corrected chi connectivity index (χ0v) is 11.6. The Kier molecular flexibility index (Phi) is 4.40. The standard InChI is InChI=1S/C15H19N3O2/c1-3-7-16-15(20)17-14-5-4-12-6-8-18(11(2)19)10-13(12)9-14/h3-5,9H,1,6-8,10H2,2H3,(H2,16,17,20). The lowest BCUT2D eigenvalue weighted by atomic mass is 9.99. The molecule has 0 bridgehead atoms. The van der Waals surface area contributed by atoms with Crippen molar-refractivity contribution in [3.63, 3.8) is 0 Å². The van der Waals surface area contributed by atoms with Crippen molar-refractivity contribution in [1.29, 1.82) is 0 Å². The van der Waals surface area contributed by atoms with Crippen LogP contribution in [-0.2, 0) is 17.8 Å². The van der Waals surface area contributed by atoms with Crippen molar-refractivity contribution in [1.82, 2.24) is 10.2 Å². The van der Waals surface area contributed by atoms with E-state index in [9.17, 15) is 9.59 Å². The number of urea groups is 1. The molecule has 3 amide bonds. The van der Waals surface area contributed by atoms with Gasteiger partial charge in [0.1, 0.15) is 0 Å². The molecule has 0 saturated carbocycles. The Morgan fingerprint density at radius 1 is 1.40 bits per heavy atom. The molecule has 1 aliphatic heterocycles. The normalized spacial score (nSPS) is 13.3. The van der Waals surface area contributed by atoms with Gasteiger partial charge in [-0.05, 0) is 29.7 Å². The smallest absolute Gasteiger partial charge is 0.319 e. The largest absolute Gasteiger partial charge is 0.338 e. The average molecular weight is 273 g/mol. The molecule has 1 aromatic rings. The van der Waals surface area contributed by atoms with Crippen LogP contribution in [0.25, 0.3) is 0 Å². The number of rotatable bonds is 3. The lowest BCUT2D eigenvalue weighted by Crippen LogP contribution is -2.34. The number of benzene rings is 1. The van der Waals surface area contributed by atoms with Crippen LogP contribution >= 0.6 is 0 Å². The zero-order chi connectivity index (χ0) is 14.5. The predicted octanol–water partition coefficient (Wildman–Crippen LogP) is 1.90. The highest BCUT2D eigenvalue weighted by Crippen LogP contribution is 2.22. The monoisotopic (exact) mass is 273 g/mol. The molecule has 0 unspecified atom stereocenters. The van der Waals surface area contributed by atoms with Gasteiger partial charge in [-0.15, -0.1) is 6.58 Å². The molecule has 1 heterocycles. The van der Waals surface area contributed by atoms with Crippen LogP contribution in [0.5, 0.6) is 0 Å². The summed E-state index contributed by atoms with van der Waals surface area (Å²) in [5, 5.41) is 5.42. The van der Waals surface area contributed by atoms with Crippen LogP contribution in [0.1, 0.15) is 18.1 Å². The average Bonchev–Trinajstić information content (AvgIpc) is 2.44. The highest BCUT2D eigenvalue weighted by molar-refractivity contribution is 5.89. The van der Waals surface area contributed by atoms with E-state index in [4.69, 9.17) is 0 Å². The second-order valence-corrected chi connectivity index (χ2v) is 4.80. The molecule has 2 rings (SSSR count). The predicted molar refractivity (Wildman–Crippen MR) is 78.5 cm³/mol. The van der Waals surface area contributed by atoms with Gasteiger partial charge in [0.25, 0.3) is 0 Å². The summed E-state index contributed by atoms with van der Waals surface area (Å²) < 4.78 is 0. The Morgan fingerprint density at radius 2 is 2.20 bits per heavy atom. The fraction of sp³-hybridized carbons (Fsp3) is 0.333. The van der Waals surface area contributed by atoms with Crippen molar-refractivity contribution in [2.75, 3.05) is 18.4 Å². The molecule has 0 saturated heterocycles. The number of fused-ring (bicyclic) bond motifs is 1. The number of nitrogens with one attached hydrogen (secondary N) is 2. The first-order chi connectivity index (χ1) is 9.60. The van der Waals surface area contributed by atoms with E-state index in [2.05, 4.69) is 17.2 Å². The summed E-state index contributed by atoms with van der Waals surface area (Å²) in [5.74, 6) is 0.0812. The highest BCUT2D eigenvalue weighted by Gasteiger charge is 2.18. The maximum atomic E-state index is 11.6. The van der Waals surface area contributed by atoms with Crippen LogP contribution in [0.4, 0.5) is 10.5 Å². The van der Waals surface area contributed by atoms with Crippen LogP contribution in [0.2, 0.25) is 0 Å². The van der Waals surface area contributed by atoms with Crippen molar-refractivity contribution in [3.8, 4) is 0 Å². The van der Waals surface area contributed by atoms with E-state index in [1.54, 1.807) is 13.0 Å².